The molecule has 3 aromatic carbocycles. The zero-order chi connectivity index (χ0) is 27.6. The molecule has 39 heavy (non-hydrogen) atoms. The Hall–Kier alpha value is -4.30. The quantitative estimate of drug-likeness (QED) is 0.339. The summed E-state index contributed by atoms with van der Waals surface area (Å²) in [7, 11) is 3.20. The third-order valence-corrected chi connectivity index (χ3v) is 7.46. The van der Waals surface area contributed by atoms with Crippen molar-refractivity contribution >= 4 is 23.4 Å². The van der Waals surface area contributed by atoms with Crippen molar-refractivity contribution in [2.24, 2.45) is 0 Å². The summed E-state index contributed by atoms with van der Waals surface area (Å²) in [5, 5.41) is 8.26. The molecule has 2 amide bonds. The Labute approximate surface area is 232 Å². The van der Waals surface area contributed by atoms with Crippen LogP contribution in [0.25, 0.3) is 11.3 Å². The number of ether oxygens (including phenoxy) is 2. The van der Waals surface area contributed by atoms with E-state index in [0.29, 0.717) is 22.2 Å². The molecule has 0 saturated heterocycles. The van der Waals surface area contributed by atoms with Crippen LogP contribution in [-0.4, -0.2) is 46.3 Å². The number of hydrogen-bond donors (Lipinski definition) is 1. The molecular formula is C30H29ClN4O4. The fourth-order valence-corrected chi connectivity index (χ4v) is 5.00. The minimum Gasteiger partial charge on any atom is -0.497 e. The van der Waals surface area contributed by atoms with Crippen LogP contribution in [0.1, 0.15) is 28.5 Å². The van der Waals surface area contributed by atoms with Gasteiger partial charge in [0.25, 0.3) is 5.91 Å². The minimum absolute atomic E-state index is 0.167. The van der Waals surface area contributed by atoms with Crippen molar-refractivity contribution in [3.8, 4) is 22.8 Å². The standard InChI is InChI=1S/C30H29ClN4O4/c1-30(29(37)32-17-21-8-5-7-11-27(21)39-3)19-35-26(16-25(33-35)20-12-14-23(38-2)15-13-20)28(36)34(30)18-22-9-4-6-10-24(22)31/h4-16H,17-19H2,1-3H3,(H,32,37). The summed E-state index contributed by atoms with van der Waals surface area (Å²) in [6, 6.07) is 24.0. The molecule has 1 unspecified atom stereocenters. The second-order valence-corrected chi connectivity index (χ2v) is 9.96. The van der Waals surface area contributed by atoms with E-state index in [9.17, 15) is 9.59 Å². The van der Waals surface area contributed by atoms with Gasteiger partial charge in [-0.15, -0.1) is 0 Å². The molecule has 5 rings (SSSR count). The Morgan fingerprint density at radius 1 is 1.00 bits per heavy atom. The second-order valence-electron chi connectivity index (χ2n) is 9.55. The highest BCUT2D eigenvalue weighted by Gasteiger charge is 2.48. The predicted molar refractivity (Wildman–Crippen MR) is 149 cm³/mol. The summed E-state index contributed by atoms with van der Waals surface area (Å²) in [5.41, 5.74) is 2.22. The average molecular weight is 545 g/mol. The van der Waals surface area contributed by atoms with Crippen LogP contribution in [-0.2, 0) is 24.4 Å². The number of nitrogens with zero attached hydrogens (tertiary/aromatic N) is 3. The molecule has 4 aromatic rings. The first-order valence-corrected chi connectivity index (χ1v) is 12.9. The number of rotatable bonds is 8. The normalized spacial score (nSPS) is 16.5. The van der Waals surface area contributed by atoms with Crippen LogP contribution in [0.4, 0.5) is 0 Å². The van der Waals surface area contributed by atoms with Gasteiger partial charge >= 0.3 is 0 Å². The number of carbonyl (C=O) groups excluding carboxylic acids is 2. The summed E-state index contributed by atoms with van der Waals surface area (Å²) in [6.07, 6.45) is 0. The van der Waals surface area contributed by atoms with Crippen molar-refractivity contribution in [2.45, 2.75) is 32.1 Å². The number of amides is 2. The summed E-state index contributed by atoms with van der Waals surface area (Å²) in [4.78, 5) is 29.4. The van der Waals surface area contributed by atoms with Gasteiger partial charge in [0.15, 0.2) is 0 Å². The maximum atomic E-state index is 14.0. The highest BCUT2D eigenvalue weighted by Crippen LogP contribution is 2.33. The molecule has 0 aliphatic carbocycles. The SMILES string of the molecule is COc1ccc(-c2cc3n(n2)CC(C)(C(=O)NCc2ccccc2OC)N(Cc2ccccc2Cl)C3=O)cc1. The predicted octanol–water partition coefficient (Wildman–Crippen LogP) is 4.95. The molecule has 1 aliphatic rings. The van der Waals surface area contributed by atoms with Gasteiger partial charge in [-0.1, -0.05) is 48.0 Å². The van der Waals surface area contributed by atoms with Crippen LogP contribution in [0.15, 0.2) is 78.9 Å². The van der Waals surface area contributed by atoms with Gasteiger partial charge in [0.05, 0.1) is 26.5 Å². The molecule has 1 N–H and O–H groups in total. The highest BCUT2D eigenvalue weighted by atomic mass is 35.5. The number of nitrogens with one attached hydrogen (secondary N) is 1. The van der Waals surface area contributed by atoms with E-state index >= 15 is 0 Å². The smallest absolute Gasteiger partial charge is 0.273 e. The van der Waals surface area contributed by atoms with Gasteiger partial charge in [-0.05, 0) is 55.0 Å². The summed E-state index contributed by atoms with van der Waals surface area (Å²) >= 11 is 6.47. The molecule has 1 atom stereocenters. The first-order chi connectivity index (χ1) is 18.8. The Balaban J connectivity index is 1.50. The number of para-hydroxylation sites is 1. The zero-order valence-corrected chi connectivity index (χ0v) is 22.7. The van der Waals surface area contributed by atoms with Crippen LogP contribution < -0.4 is 14.8 Å². The lowest BCUT2D eigenvalue weighted by Crippen LogP contribution is -2.63. The zero-order valence-electron chi connectivity index (χ0n) is 22.0. The van der Waals surface area contributed by atoms with Gasteiger partial charge < -0.3 is 19.7 Å². The number of fused-ring (bicyclic) bond motifs is 1. The number of benzene rings is 3. The van der Waals surface area contributed by atoms with Crippen molar-refractivity contribution in [3.05, 3.63) is 101 Å². The van der Waals surface area contributed by atoms with Gasteiger partial charge in [0.1, 0.15) is 22.7 Å². The fourth-order valence-electron chi connectivity index (χ4n) is 4.80. The maximum absolute atomic E-state index is 14.0. The van der Waals surface area contributed by atoms with Crippen LogP contribution in [0.2, 0.25) is 5.02 Å². The number of hydrogen-bond acceptors (Lipinski definition) is 5. The minimum atomic E-state index is -1.24. The molecular weight excluding hydrogens is 516 g/mol. The number of carbonyl (C=O) groups is 2. The van der Waals surface area contributed by atoms with Crippen LogP contribution in [0.5, 0.6) is 11.5 Å². The molecule has 0 radical (unpaired) electrons. The van der Waals surface area contributed by atoms with Crippen LogP contribution in [0.3, 0.4) is 0 Å². The highest BCUT2D eigenvalue weighted by molar-refractivity contribution is 6.31. The third kappa shape index (κ3) is 5.07. The molecule has 8 nitrogen and oxygen atoms in total. The van der Waals surface area contributed by atoms with E-state index in [2.05, 4.69) is 5.32 Å². The molecule has 0 fully saturated rings. The molecule has 1 aliphatic heterocycles. The van der Waals surface area contributed by atoms with Gasteiger partial charge in [-0.2, -0.15) is 5.10 Å². The molecule has 0 spiro atoms. The molecule has 200 valence electrons. The monoisotopic (exact) mass is 544 g/mol. The van der Waals surface area contributed by atoms with Crippen molar-refractivity contribution in [1.82, 2.24) is 20.0 Å². The van der Waals surface area contributed by atoms with Gasteiger partial charge in [-0.3, -0.25) is 14.3 Å². The lowest BCUT2D eigenvalue weighted by molar-refractivity contribution is -0.133. The Bertz CT molecular complexity index is 1520. The Kier molecular flexibility index (Phi) is 7.30. The molecule has 0 bridgehead atoms. The summed E-state index contributed by atoms with van der Waals surface area (Å²) in [5.74, 6) is 0.794. The first kappa shape index (κ1) is 26.3. The molecule has 9 heteroatoms. The maximum Gasteiger partial charge on any atom is 0.273 e. The fraction of sp³-hybridized carbons (Fsp3) is 0.233. The number of halogens is 1. The Morgan fingerprint density at radius 3 is 2.38 bits per heavy atom. The van der Waals surface area contributed by atoms with E-state index in [-0.39, 0.29) is 31.4 Å². The Morgan fingerprint density at radius 2 is 1.69 bits per heavy atom. The van der Waals surface area contributed by atoms with E-state index < -0.39 is 5.54 Å². The largest absolute Gasteiger partial charge is 0.497 e. The topological polar surface area (TPSA) is 85.7 Å². The van der Waals surface area contributed by atoms with Crippen molar-refractivity contribution in [1.29, 1.82) is 0 Å². The third-order valence-electron chi connectivity index (χ3n) is 7.09. The lowest BCUT2D eigenvalue weighted by atomic mass is 9.94. The number of aromatic nitrogens is 2. The van der Waals surface area contributed by atoms with Crippen LogP contribution >= 0.6 is 11.6 Å². The van der Waals surface area contributed by atoms with E-state index in [1.54, 1.807) is 42.9 Å². The van der Waals surface area contributed by atoms with E-state index in [1.165, 1.54) is 0 Å². The average Bonchev–Trinajstić information content (AvgIpc) is 3.39. The molecule has 1 aromatic heterocycles. The molecule has 2 heterocycles. The van der Waals surface area contributed by atoms with E-state index in [4.69, 9.17) is 26.2 Å². The second kappa shape index (κ2) is 10.8. The summed E-state index contributed by atoms with van der Waals surface area (Å²) < 4.78 is 12.3. The first-order valence-electron chi connectivity index (χ1n) is 12.5. The van der Waals surface area contributed by atoms with E-state index in [0.717, 1.165) is 22.4 Å². The van der Waals surface area contributed by atoms with Gasteiger partial charge in [0.2, 0.25) is 5.91 Å². The van der Waals surface area contributed by atoms with E-state index in [1.807, 2.05) is 66.7 Å². The van der Waals surface area contributed by atoms with Crippen molar-refractivity contribution in [2.75, 3.05) is 14.2 Å². The van der Waals surface area contributed by atoms with Gasteiger partial charge in [0, 0.05) is 29.2 Å². The van der Waals surface area contributed by atoms with Gasteiger partial charge in [-0.25, -0.2) is 0 Å². The van der Waals surface area contributed by atoms with Crippen LogP contribution in [0, 0.1) is 0 Å². The van der Waals surface area contributed by atoms with Crippen molar-refractivity contribution in [3.63, 3.8) is 0 Å². The molecule has 0 saturated carbocycles. The number of methoxy groups -OCH3 is 2. The summed E-state index contributed by atoms with van der Waals surface area (Å²) in [6.45, 7) is 2.35. The van der Waals surface area contributed by atoms with Crippen molar-refractivity contribution < 1.29 is 19.1 Å². The lowest BCUT2D eigenvalue weighted by Gasteiger charge is -2.43.